The number of anilines is 2. The monoisotopic (exact) mass is 277 g/mol. The highest BCUT2D eigenvalue weighted by molar-refractivity contribution is 6.05. The number of rotatable bonds is 3. The Bertz CT molecular complexity index is 585. The average Bonchev–Trinajstić information content (AvgIpc) is 2.37. The molecule has 7 heteroatoms. The van der Waals surface area contributed by atoms with E-state index in [0.717, 1.165) is 0 Å². The lowest BCUT2D eigenvalue weighted by Gasteiger charge is -2.35. The van der Waals surface area contributed by atoms with E-state index in [1.165, 1.54) is 18.2 Å². The van der Waals surface area contributed by atoms with E-state index < -0.39 is 17.9 Å². The van der Waals surface area contributed by atoms with Gasteiger partial charge in [0.2, 0.25) is 11.8 Å². The van der Waals surface area contributed by atoms with E-state index in [1.807, 2.05) is 6.92 Å². The highest BCUT2D eigenvalue weighted by Crippen LogP contribution is 2.28. The number of hydrogen-bond donors (Lipinski definition) is 3. The predicted molar refractivity (Wildman–Crippen MR) is 72.4 cm³/mol. The summed E-state index contributed by atoms with van der Waals surface area (Å²) in [5.41, 5.74) is 6.63. The molecule has 20 heavy (non-hydrogen) atoms. The van der Waals surface area contributed by atoms with Crippen molar-refractivity contribution in [3.8, 4) is 0 Å². The number of benzene rings is 1. The van der Waals surface area contributed by atoms with Gasteiger partial charge in [-0.05, 0) is 24.6 Å². The number of nitrogens with one attached hydrogen (secondary N) is 1. The Balaban J connectivity index is 2.40. The molecular weight excluding hydrogens is 262 g/mol. The molecule has 1 heterocycles. The molecular formula is C13H15N3O4. The van der Waals surface area contributed by atoms with Crippen molar-refractivity contribution in [2.45, 2.75) is 19.4 Å². The van der Waals surface area contributed by atoms with Crippen molar-refractivity contribution in [3.63, 3.8) is 0 Å². The maximum atomic E-state index is 11.8. The molecule has 1 saturated heterocycles. The number of nitrogen functional groups attached to an aromatic ring is 1. The molecule has 0 saturated carbocycles. The van der Waals surface area contributed by atoms with Gasteiger partial charge in [-0.2, -0.15) is 0 Å². The van der Waals surface area contributed by atoms with E-state index in [-0.39, 0.29) is 23.7 Å². The average molecular weight is 277 g/mol. The van der Waals surface area contributed by atoms with Crippen molar-refractivity contribution in [1.82, 2.24) is 5.32 Å². The summed E-state index contributed by atoms with van der Waals surface area (Å²) in [7, 11) is 0. The van der Waals surface area contributed by atoms with Crippen LogP contribution >= 0.6 is 0 Å². The molecule has 0 spiro atoms. The number of aromatic carboxylic acids is 1. The number of carboxylic acid groups (broad SMARTS) is 1. The van der Waals surface area contributed by atoms with Crippen LogP contribution in [-0.4, -0.2) is 35.5 Å². The molecule has 7 nitrogen and oxygen atoms in total. The third-order valence-corrected chi connectivity index (χ3v) is 3.23. The lowest BCUT2D eigenvalue weighted by Crippen LogP contribution is -2.58. The molecule has 2 amide bonds. The SMILES string of the molecule is CCC1C(=O)NC(=O)CN1c1ccc(C(=O)O)cc1N. The van der Waals surface area contributed by atoms with Gasteiger partial charge < -0.3 is 15.7 Å². The fourth-order valence-corrected chi connectivity index (χ4v) is 2.27. The number of piperazine rings is 1. The summed E-state index contributed by atoms with van der Waals surface area (Å²) in [5, 5.41) is 11.2. The van der Waals surface area contributed by atoms with Gasteiger partial charge in [-0.25, -0.2) is 4.79 Å². The number of imide groups is 1. The second kappa shape index (κ2) is 5.20. The zero-order chi connectivity index (χ0) is 14.9. The van der Waals surface area contributed by atoms with Crippen molar-refractivity contribution in [2.75, 3.05) is 17.2 Å². The Labute approximate surface area is 115 Å². The largest absolute Gasteiger partial charge is 0.478 e. The van der Waals surface area contributed by atoms with Crippen LogP contribution in [0.15, 0.2) is 18.2 Å². The minimum Gasteiger partial charge on any atom is -0.478 e. The lowest BCUT2D eigenvalue weighted by atomic mass is 10.1. The summed E-state index contributed by atoms with van der Waals surface area (Å²) >= 11 is 0. The van der Waals surface area contributed by atoms with E-state index in [9.17, 15) is 14.4 Å². The maximum absolute atomic E-state index is 11.8. The Kier molecular flexibility index (Phi) is 3.60. The van der Waals surface area contributed by atoms with Crippen molar-refractivity contribution >= 4 is 29.2 Å². The van der Waals surface area contributed by atoms with E-state index in [4.69, 9.17) is 10.8 Å². The summed E-state index contributed by atoms with van der Waals surface area (Å²) in [6, 6.07) is 3.75. The Morgan fingerprint density at radius 1 is 1.50 bits per heavy atom. The quantitative estimate of drug-likeness (QED) is 0.537. The molecule has 1 atom stereocenters. The van der Waals surface area contributed by atoms with Crippen LogP contribution in [0.25, 0.3) is 0 Å². The highest BCUT2D eigenvalue weighted by atomic mass is 16.4. The molecule has 1 aromatic carbocycles. The van der Waals surface area contributed by atoms with Crippen LogP contribution in [0.1, 0.15) is 23.7 Å². The van der Waals surface area contributed by atoms with E-state index in [2.05, 4.69) is 5.32 Å². The molecule has 1 aliphatic rings. The first kappa shape index (κ1) is 13.9. The highest BCUT2D eigenvalue weighted by Gasteiger charge is 2.33. The lowest BCUT2D eigenvalue weighted by molar-refractivity contribution is -0.132. The molecule has 1 aromatic rings. The first-order valence-corrected chi connectivity index (χ1v) is 6.17. The van der Waals surface area contributed by atoms with Gasteiger partial charge in [0.05, 0.1) is 23.5 Å². The third-order valence-electron chi connectivity index (χ3n) is 3.23. The van der Waals surface area contributed by atoms with Crippen LogP contribution in [0.4, 0.5) is 11.4 Å². The molecule has 0 aromatic heterocycles. The minimum atomic E-state index is -1.08. The van der Waals surface area contributed by atoms with Gasteiger partial charge in [0.25, 0.3) is 0 Å². The predicted octanol–water partition coefficient (Wildman–Crippen LogP) is 0.208. The van der Waals surface area contributed by atoms with Gasteiger partial charge in [0.15, 0.2) is 0 Å². The number of carbonyl (C=O) groups is 3. The van der Waals surface area contributed by atoms with E-state index >= 15 is 0 Å². The van der Waals surface area contributed by atoms with Gasteiger partial charge in [-0.15, -0.1) is 0 Å². The standard InChI is InChI=1S/C13H15N3O4/c1-2-9-12(18)15-11(17)6-16(9)10-4-3-7(13(19)20)5-8(10)14/h3-5,9H,2,6,14H2,1H3,(H,19,20)(H,15,17,18). The first-order valence-electron chi connectivity index (χ1n) is 6.17. The van der Waals surface area contributed by atoms with Crippen molar-refractivity contribution in [2.24, 2.45) is 0 Å². The number of nitrogens with zero attached hydrogens (tertiary/aromatic N) is 1. The minimum absolute atomic E-state index is 0.0147. The van der Waals surface area contributed by atoms with Crippen molar-refractivity contribution in [3.05, 3.63) is 23.8 Å². The summed E-state index contributed by atoms with van der Waals surface area (Å²) in [6.07, 6.45) is 0.513. The Hall–Kier alpha value is -2.57. The van der Waals surface area contributed by atoms with Crippen LogP contribution in [0.5, 0.6) is 0 Å². The molecule has 1 aliphatic heterocycles. The van der Waals surface area contributed by atoms with Gasteiger partial charge >= 0.3 is 5.97 Å². The summed E-state index contributed by atoms with van der Waals surface area (Å²) in [6.45, 7) is 1.84. The van der Waals surface area contributed by atoms with Gasteiger partial charge in [-0.1, -0.05) is 6.92 Å². The molecule has 0 radical (unpaired) electrons. The summed E-state index contributed by atoms with van der Waals surface area (Å²) < 4.78 is 0. The molecule has 4 N–H and O–H groups in total. The van der Waals surface area contributed by atoms with Gasteiger partial charge in [-0.3, -0.25) is 14.9 Å². The number of amides is 2. The third kappa shape index (κ3) is 2.42. The Morgan fingerprint density at radius 2 is 2.20 bits per heavy atom. The first-order chi connectivity index (χ1) is 9.43. The topological polar surface area (TPSA) is 113 Å². The van der Waals surface area contributed by atoms with Gasteiger partial charge in [0.1, 0.15) is 6.04 Å². The van der Waals surface area contributed by atoms with Crippen LogP contribution in [0.2, 0.25) is 0 Å². The zero-order valence-corrected chi connectivity index (χ0v) is 10.9. The molecule has 0 bridgehead atoms. The van der Waals surface area contributed by atoms with Crippen LogP contribution in [0, 0.1) is 0 Å². The van der Waals surface area contributed by atoms with Crippen LogP contribution in [0.3, 0.4) is 0 Å². The fraction of sp³-hybridized carbons (Fsp3) is 0.308. The molecule has 0 aliphatic carbocycles. The van der Waals surface area contributed by atoms with E-state index in [1.54, 1.807) is 4.90 Å². The van der Waals surface area contributed by atoms with Gasteiger partial charge in [0, 0.05) is 0 Å². The number of nitrogens with two attached hydrogens (primary N) is 1. The number of carbonyl (C=O) groups excluding carboxylic acids is 2. The van der Waals surface area contributed by atoms with E-state index in [0.29, 0.717) is 12.1 Å². The molecule has 1 unspecified atom stereocenters. The molecule has 2 rings (SSSR count). The Morgan fingerprint density at radius 3 is 2.75 bits per heavy atom. The molecule has 1 fully saturated rings. The van der Waals surface area contributed by atoms with Crippen LogP contribution in [-0.2, 0) is 9.59 Å². The second-order valence-electron chi connectivity index (χ2n) is 4.54. The maximum Gasteiger partial charge on any atom is 0.335 e. The smallest absolute Gasteiger partial charge is 0.335 e. The van der Waals surface area contributed by atoms with Crippen LogP contribution < -0.4 is 16.0 Å². The van der Waals surface area contributed by atoms with Crippen molar-refractivity contribution in [1.29, 1.82) is 0 Å². The number of hydrogen-bond acceptors (Lipinski definition) is 5. The zero-order valence-electron chi connectivity index (χ0n) is 10.9. The molecule has 106 valence electrons. The summed E-state index contributed by atoms with van der Waals surface area (Å²) in [5.74, 6) is -1.85. The number of carboxylic acids is 1. The van der Waals surface area contributed by atoms with Crippen molar-refractivity contribution < 1.29 is 19.5 Å². The summed E-state index contributed by atoms with van der Waals surface area (Å²) in [4.78, 5) is 35.8. The normalized spacial score (nSPS) is 18.9. The second-order valence-corrected chi connectivity index (χ2v) is 4.54. The fourth-order valence-electron chi connectivity index (χ4n) is 2.27.